The van der Waals surface area contributed by atoms with Gasteiger partial charge in [-0.15, -0.1) is 0 Å². The summed E-state index contributed by atoms with van der Waals surface area (Å²) in [5.74, 6) is 0. The monoisotopic (exact) mass is 196 g/mol. The van der Waals surface area contributed by atoms with Crippen LogP contribution in [0.1, 0.15) is 13.1 Å². The molecule has 5 heteroatoms. The SMILES string of the molecule is CC(N)n1ccc2c(Cl)ncnc21. The molecule has 13 heavy (non-hydrogen) atoms. The van der Waals surface area contributed by atoms with Crippen molar-refractivity contribution in [3.63, 3.8) is 0 Å². The highest BCUT2D eigenvalue weighted by atomic mass is 35.5. The zero-order chi connectivity index (χ0) is 9.42. The van der Waals surface area contributed by atoms with Crippen LogP contribution < -0.4 is 5.73 Å². The molecule has 0 aliphatic heterocycles. The Morgan fingerprint density at radius 3 is 3.00 bits per heavy atom. The normalized spacial score (nSPS) is 13.5. The van der Waals surface area contributed by atoms with Gasteiger partial charge in [0, 0.05) is 6.20 Å². The van der Waals surface area contributed by atoms with E-state index in [0.29, 0.717) is 5.15 Å². The van der Waals surface area contributed by atoms with E-state index in [1.165, 1.54) is 6.33 Å². The lowest BCUT2D eigenvalue weighted by Crippen LogP contribution is -2.13. The molecule has 68 valence electrons. The van der Waals surface area contributed by atoms with E-state index in [4.69, 9.17) is 17.3 Å². The van der Waals surface area contributed by atoms with E-state index in [-0.39, 0.29) is 6.17 Å². The van der Waals surface area contributed by atoms with Crippen LogP contribution in [-0.4, -0.2) is 14.5 Å². The van der Waals surface area contributed by atoms with Crippen molar-refractivity contribution in [2.24, 2.45) is 5.73 Å². The highest BCUT2D eigenvalue weighted by molar-refractivity contribution is 6.33. The lowest BCUT2D eigenvalue weighted by Gasteiger charge is -2.07. The average Bonchev–Trinajstić information content (AvgIpc) is 2.48. The lowest BCUT2D eigenvalue weighted by atomic mass is 10.4. The Balaban J connectivity index is 2.75. The molecule has 0 bridgehead atoms. The fraction of sp³-hybridized carbons (Fsp3) is 0.250. The number of rotatable bonds is 1. The maximum atomic E-state index is 5.87. The molecule has 2 aromatic heterocycles. The number of nitrogens with two attached hydrogens (primary N) is 1. The van der Waals surface area contributed by atoms with E-state index >= 15 is 0 Å². The number of hydrogen-bond acceptors (Lipinski definition) is 3. The van der Waals surface area contributed by atoms with Gasteiger partial charge >= 0.3 is 0 Å². The summed E-state index contributed by atoms with van der Waals surface area (Å²) in [7, 11) is 0. The van der Waals surface area contributed by atoms with Gasteiger partial charge in [-0.05, 0) is 13.0 Å². The first kappa shape index (κ1) is 8.47. The van der Waals surface area contributed by atoms with E-state index in [9.17, 15) is 0 Å². The molecule has 4 nitrogen and oxygen atoms in total. The first-order valence-electron chi connectivity index (χ1n) is 3.93. The molecule has 0 radical (unpaired) electrons. The lowest BCUT2D eigenvalue weighted by molar-refractivity contribution is 0.588. The number of fused-ring (bicyclic) bond motifs is 1. The summed E-state index contributed by atoms with van der Waals surface area (Å²) in [6.45, 7) is 1.88. The van der Waals surface area contributed by atoms with Crippen molar-refractivity contribution in [3.05, 3.63) is 23.7 Å². The molecule has 2 aromatic rings. The zero-order valence-corrected chi connectivity index (χ0v) is 7.86. The van der Waals surface area contributed by atoms with Crippen LogP contribution in [0.3, 0.4) is 0 Å². The van der Waals surface area contributed by atoms with Gasteiger partial charge in [0.15, 0.2) is 0 Å². The topological polar surface area (TPSA) is 56.7 Å². The maximum Gasteiger partial charge on any atom is 0.146 e. The van der Waals surface area contributed by atoms with Gasteiger partial charge in [-0.3, -0.25) is 0 Å². The van der Waals surface area contributed by atoms with E-state index < -0.39 is 0 Å². The minimum atomic E-state index is -0.108. The Kier molecular flexibility index (Phi) is 1.94. The van der Waals surface area contributed by atoms with Crippen LogP contribution in [-0.2, 0) is 0 Å². The van der Waals surface area contributed by atoms with Crippen molar-refractivity contribution in [1.29, 1.82) is 0 Å². The van der Waals surface area contributed by atoms with Gasteiger partial charge < -0.3 is 10.3 Å². The summed E-state index contributed by atoms with van der Waals surface area (Å²) in [6.07, 6.45) is 3.18. The summed E-state index contributed by atoms with van der Waals surface area (Å²) >= 11 is 5.87. The summed E-state index contributed by atoms with van der Waals surface area (Å²) in [5, 5.41) is 1.30. The summed E-state index contributed by atoms with van der Waals surface area (Å²) in [6, 6.07) is 1.86. The molecule has 2 N–H and O–H groups in total. The fourth-order valence-electron chi connectivity index (χ4n) is 1.27. The van der Waals surface area contributed by atoms with Crippen LogP contribution in [0.5, 0.6) is 0 Å². The van der Waals surface area contributed by atoms with Crippen LogP contribution in [0, 0.1) is 0 Å². The van der Waals surface area contributed by atoms with Gasteiger partial charge in [0.05, 0.1) is 11.6 Å². The number of nitrogens with zero attached hydrogens (tertiary/aromatic N) is 3. The van der Waals surface area contributed by atoms with Crippen LogP contribution in [0.2, 0.25) is 5.15 Å². The quantitative estimate of drug-likeness (QED) is 0.705. The maximum absolute atomic E-state index is 5.87. The standard InChI is InChI=1S/C8H9ClN4/c1-5(10)13-3-2-6-7(9)11-4-12-8(6)13/h2-5H,10H2,1H3. The van der Waals surface area contributed by atoms with Crippen molar-refractivity contribution in [2.75, 3.05) is 0 Å². The van der Waals surface area contributed by atoms with Gasteiger partial charge in [-0.25, -0.2) is 9.97 Å². The van der Waals surface area contributed by atoms with Crippen molar-refractivity contribution in [2.45, 2.75) is 13.1 Å². The minimum Gasteiger partial charge on any atom is -0.317 e. The second-order valence-electron chi connectivity index (χ2n) is 2.87. The van der Waals surface area contributed by atoms with Gasteiger partial charge in [-0.2, -0.15) is 0 Å². The molecule has 2 heterocycles. The molecule has 0 aromatic carbocycles. The third kappa shape index (κ3) is 1.28. The predicted octanol–water partition coefficient (Wildman–Crippen LogP) is 1.56. The van der Waals surface area contributed by atoms with Gasteiger partial charge in [0.25, 0.3) is 0 Å². The minimum absolute atomic E-state index is 0.108. The van der Waals surface area contributed by atoms with Crippen LogP contribution in [0.15, 0.2) is 18.6 Å². The molecule has 1 unspecified atom stereocenters. The third-order valence-electron chi connectivity index (χ3n) is 1.90. The second-order valence-corrected chi connectivity index (χ2v) is 3.22. The van der Waals surface area contributed by atoms with Crippen LogP contribution >= 0.6 is 11.6 Å². The Bertz CT molecular complexity index is 435. The van der Waals surface area contributed by atoms with E-state index in [1.54, 1.807) is 0 Å². The predicted molar refractivity (Wildman–Crippen MR) is 51.4 cm³/mol. The number of aromatic nitrogens is 3. The van der Waals surface area contributed by atoms with E-state index in [2.05, 4.69) is 9.97 Å². The molecule has 0 aliphatic rings. The van der Waals surface area contributed by atoms with Crippen LogP contribution in [0.4, 0.5) is 0 Å². The summed E-state index contributed by atoms with van der Waals surface area (Å²) in [4.78, 5) is 7.99. The number of hydrogen-bond donors (Lipinski definition) is 1. The van der Waals surface area contributed by atoms with Gasteiger partial charge in [-0.1, -0.05) is 11.6 Å². The highest BCUT2D eigenvalue weighted by Gasteiger charge is 2.07. The third-order valence-corrected chi connectivity index (χ3v) is 2.20. The molecular formula is C8H9ClN4. The van der Waals surface area contributed by atoms with Crippen molar-refractivity contribution in [1.82, 2.24) is 14.5 Å². The smallest absolute Gasteiger partial charge is 0.146 e. The first-order valence-corrected chi connectivity index (χ1v) is 4.30. The van der Waals surface area contributed by atoms with Gasteiger partial charge in [0.1, 0.15) is 17.1 Å². The molecule has 0 aliphatic carbocycles. The molecular weight excluding hydrogens is 188 g/mol. The molecule has 0 spiro atoms. The summed E-state index contributed by atoms with van der Waals surface area (Å²) < 4.78 is 1.85. The first-order chi connectivity index (χ1) is 6.20. The Hall–Kier alpha value is -1.13. The Morgan fingerprint density at radius 1 is 1.54 bits per heavy atom. The fourth-order valence-corrected chi connectivity index (χ4v) is 1.46. The largest absolute Gasteiger partial charge is 0.317 e. The Labute approximate surface area is 80.3 Å². The zero-order valence-electron chi connectivity index (χ0n) is 7.11. The van der Waals surface area contributed by atoms with Crippen molar-refractivity contribution >= 4 is 22.6 Å². The average molecular weight is 197 g/mol. The van der Waals surface area contributed by atoms with Crippen molar-refractivity contribution in [3.8, 4) is 0 Å². The molecule has 0 saturated carbocycles. The van der Waals surface area contributed by atoms with Gasteiger partial charge in [0.2, 0.25) is 0 Å². The summed E-state index contributed by atoms with van der Waals surface area (Å²) in [5.41, 5.74) is 6.51. The second kappa shape index (κ2) is 2.97. The molecule has 2 rings (SSSR count). The molecule has 0 fully saturated rings. The Morgan fingerprint density at radius 2 is 2.31 bits per heavy atom. The molecule has 1 atom stereocenters. The van der Waals surface area contributed by atoms with Crippen LogP contribution in [0.25, 0.3) is 11.0 Å². The molecule has 0 amide bonds. The molecule has 0 saturated heterocycles. The number of halogens is 1. The highest BCUT2D eigenvalue weighted by Crippen LogP contribution is 2.21. The van der Waals surface area contributed by atoms with E-state index in [0.717, 1.165) is 11.0 Å². The van der Waals surface area contributed by atoms with E-state index in [1.807, 2.05) is 23.8 Å². The van der Waals surface area contributed by atoms with Crippen molar-refractivity contribution < 1.29 is 0 Å².